The van der Waals surface area contributed by atoms with Crippen LogP contribution < -0.4 is 18.9 Å². The molecule has 0 saturated heterocycles. The molecule has 2 aromatic carbocycles. The third-order valence-corrected chi connectivity index (χ3v) is 4.88. The number of phenolic OH excluding ortho intramolecular Hbond substituents is 2. The summed E-state index contributed by atoms with van der Waals surface area (Å²) in [7, 11) is 5.27. The summed E-state index contributed by atoms with van der Waals surface area (Å²) < 4.78 is 29.0. The third-order valence-electron chi connectivity index (χ3n) is 4.88. The summed E-state index contributed by atoms with van der Waals surface area (Å²) in [5, 5.41) is 29.7. The molecule has 0 aromatic heterocycles. The molecule has 2 aromatic rings. The molecular weight excluding hydrogens is 520 g/mol. The van der Waals surface area contributed by atoms with Gasteiger partial charge in [0.05, 0.1) is 34.9 Å². The van der Waals surface area contributed by atoms with Gasteiger partial charge in [0.2, 0.25) is 11.5 Å². The smallest absolute Gasteiger partial charge is 0.343 e. The van der Waals surface area contributed by atoms with Gasteiger partial charge < -0.3 is 43.7 Å². The first-order chi connectivity index (χ1) is 18.5. The lowest BCUT2D eigenvalue weighted by molar-refractivity contribution is -0.168. The zero-order valence-electron chi connectivity index (χ0n) is 21.3. The van der Waals surface area contributed by atoms with Crippen molar-refractivity contribution < 1.29 is 62.9 Å². The van der Waals surface area contributed by atoms with E-state index in [1.54, 1.807) is 0 Å². The maximum Gasteiger partial charge on any atom is 0.343 e. The van der Waals surface area contributed by atoms with E-state index in [0.29, 0.717) is 11.1 Å². The van der Waals surface area contributed by atoms with Gasteiger partial charge in [0.25, 0.3) is 0 Å². The number of rotatable bonds is 11. The Morgan fingerprint density at radius 2 is 1.05 bits per heavy atom. The van der Waals surface area contributed by atoms with Crippen LogP contribution in [0.1, 0.15) is 17.5 Å². The van der Waals surface area contributed by atoms with Gasteiger partial charge >= 0.3 is 23.9 Å². The molecule has 0 aliphatic carbocycles. The number of hydrogen-bond acceptors (Lipinski definition) is 13. The molecule has 208 valence electrons. The molecule has 0 fully saturated rings. The van der Waals surface area contributed by atoms with E-state index in [2.05, 4.69) is 9.47 Å². The van der Waals surface area contributed by atoms with Crippen molar-refractivity contribution >= 4 is 36.0 Å². The highest BCUT2D eigenvalue weighted by Crippen LogP contribution is 2.38. The average molecular weight is 546 g/mol. The van der Waals surface area contributed by atoms with Crippen molar-refractivity contribution in [1.82, 2.24) is 0 Å². The number of hydrogen-bond donors (Lipinski definition) is 3. The van der Waals surface area contributed by atoms with Crippen LogP contribution in [0.15, 0.2) is 36.4 Å². The topological polar surface area (TPSA) is 184 Å². The van der Waals surface area contributed by atoms with Crippen LogP contribution in [-0.4, -0.2) is 73.7 Å². The molecule has 1 unspecified atom stereocenters. The van der Waals surface area contributed by atoms with Crippen molar-refractivity contribution in [2.75, 3.05) is 28.4 Å². The number of esters is 4. The van der Waals surface area contributed by atoms with Crippen LogP contribution in [0.3, 0.4) is 0 Å². The lowest BCUT2D eigenvalue weighted by Gasteiger charge is -2.09. The summed E-state index contributed by atoms with van der Waals surface area (Å²) in [4.78, 5) is 47.7. The first-order valence-corrected chi connectivity index (χ1v) is 11.0. The molecule has 3 N–H and O–H groups in total. The number of methoxy groups -OCH3 is 4. The maximum atomic E-state index is 11.9. The second-order valence-corrected chi connectivity index (χ2v) is 7.47. The Hall–Kier alpha value is -5.04. The molecule has 0 bridgehead atoms. The number of aromatic hydroxyl groups is 2. The Morgan fingerprint density at radius 1 is 0.692 bits per heavy atom. The molecule has 0 spiro atoms. The molecule has 1 atom stereocenters. The van der Waals surface area contributed by atoms with Crippen LogP contribution in [0.25, 0.3) is 12.2 Å². The highest BCUT2D eigenvalue weighted by atomic mass is 16.6. The van der Waals surface area contributed by atoms with E-state index < -0.39 is 36.4 Å². The van der Waals surface area contributed by atoms with Crippen LogP contribution in [0.2, 0.25) is 0 Å². The first-order valence-electron chi connectivity index (χ1n) is 11.0. The van der Waals surface area contributed by atoms with E-state index in [1.807, 2.05) is 0 Å². The summed E-state index contributed by atoms with van der Waals surface area (Å²) in [6.07, 6.45) is 1.15. The lowest BCUT2D eigenvalue weighted by Crippen LogP contribution is -2.29. The first kappa shape index (κ1) is 30.2. The summed E-state index contributed by atoms with van der Waals surface area (Å²) in [5.74, 6) is -5.21. The van der Waals surface area contributed by atoms with Crippen molar-refractivity contribution in [3.8, 4) is 34.5 Å². The molecule has 2 rings (SSSR count). The summed E-state index contributed by atoms with van der Waals surface area (Å²) in [6.45, 7) is 0. The van der Waals surface area contributed by atoms with Crippen LogP contribution in [0.4, 0.5) is 0 Å². The van der Waals surface area contributed by atoms with Gasteiger partial charge in [0, 0.05) is 12.2 Å². The predicted molar refractivity (Wildman–Crippen MR) is 133 cm³/mol. The SMILES string of the molecule is COc1cc(/C=C/C(=O)OC(=O)CC(O)C(=O)OC(=O)/C=C/c2cc(OC)c(O)c(OC)c2)cc(OC)c1O. The highest BCUT2D eigenvalue weighted by molar-refractivity contribution is 5.99. The van der Waals surface area contributed by atoms with E-state index in [-0.39, 0.29) is 34.5 Å². The number of carbonyl (C=O) groups is 4. The van der Waals surface area contributed by atoms with Gasteiger partial charge in [-0.15, -0.1) is 0 Å². The number of aliphatic hydroxyl groups is 1. The fraction of sp³-hybridized carbons (Fsp3) is 0.231. The zero-order chi connectivity index (χ0) is 29.1. The van der Waals surface area contributed by atoms with E-state index >= 15 is 0 Å². The molecule has 0 heterocycles. The Morgan fingerprint density at radius 3 is 1.41 bits per heavy atom. The Bertz CT molecular complexity index is 1240. The predicted octanol–water partition coefficient (Wildman–Crippen LogP) is 1.75. The summed E-state index contributed by atoms with van der Waals surface area (Å²) >= 11 is 0. The Kier molecular flexibility index (Phi) is 10.9. The minimum atomic E-state index is -2.09. The van der Waals surface area contributed by atoms with E-state index in [0.717, 1.165) is 12.2 Å². The van der Waals surface area contributed by atoms with E-state index in [9.17, 15) is 34.5 Å². The van der Waals surface area contributed by atoms with Crippen molar-refractivity contribution in [2.45, 2.75) is 12.5 Å². The fourth-order valence-corrected chi connectivity index (χ4v) is 2.98. The third kappa shape index (κ3) is 8.50. The van der Waals surface area contributed by atoms with Crippen LogP contribution in [0.5, 0.6) is 34.5 Å². The second kappa shape index (κ2) is 14.0. The lowest BCUT2D eigenvalue weighted by atomic mass is 10.1. The van der Waals surface area contributed by atoms with Crippen molar-refractivity contribution in [1.29, 1.82) is 0 Å². The Balaban J connectivity index is 1.91. The molecule has 0 amide bonds. The summed E-state index contributed by atoms with van der Waals surface area (Å²) in [5.41, 5.74) is 0.719. The normalized spacial score (nSPS) is 11.6. The largest absolute Gasteiger partial charge is 0.502 e. The molecule has 13 nitrogen and oxygen atoms in total. The van der Waals surface area contributed by atoms with Gasteiger partial charge in [0.15, 0.2) is 29.1 Å². The van der Waals surface area contributed by atoms with Crippen LogP contribution in [0, 0.1) is 0 Å². The molecule has 0 aliphatic heterocycles. The average Bonchev–Trinajstić information content (AvgIpc) is 2.91. The van der Waals surface area contributed by atoms with Gasteiger partial charge in [-0.05, 0) is 47.5 Å². The van der Waals surface area contributed by atoms with Gasteiger partial charge in [-0.3, -0.25) is 4.79 Å². The molecule has 0 aliphatic rings. The number of aliphatic hydroxyl groups excluding tert-OH is 1. The van der Waals surface area contributed by atoms with E-state index in [4.69, 9.17) is 18.9 Å². The summed E-state index contributed by atoms with van der Waals surface area (Å²) in [6, 6.07) is 5.55. The number of ether oxygens (including phenoxy) is 6. The van der Waals surface area contributed by atoms with Crippen molar-refractivity contribution in [3.63, 3.8) is 0 Å². The molecule has 13 heteroatoms. The van der Waals surface area contributed by atoms with Crippen LogP contribution >= 0.6 is 0 Å². The minimum absolute atomic E-state index is 0.0688. The molecular formula is C26H26O13. The standard InChI is InChI=1S/C26H26O13/c1-34-17-9-14(10-18(35-2)24(17)31)5-7-21(28)38-23(30)13-16(27)26(33)39-22(29)8-6-15-11-19(36-3)25(32)20(12-15)37-4/h5-12,16,27,31-32H,13H2,1-4H3/b7-5+,8-6+. The van der Waals surface area contributed by atoms with Crippen LogP contribution in [-0.2, 0) is 28.7 Å². The quantitative estimate of drug-likeness (QED) is 0.211. The van der Waals surface area contributed by atoms with Gasteiger partial charge in [0.1, 0.15) is 0 Å². The van der Waals surface area contributed by atoms with Gasteiger partial charge in [-0.25, -0.2) is 14.4 Å². The van der Waals surface area contributed by atoms with E-state index in [1.165, 1.54) is 64.9 Å². The number of carbonyl (C=O) groups excluding carboxylic acids is 4. The number of benzene rings is 2. The molecule has 39 heavy (non-hydrogen) atoms. The Labute approximate surface area is 222 Å². The monoisotopic (exact) mass is 546 g/mol. The maximum absolute atomic E-state index is 11.9. The molecule has 0 saturated carbocycles. The molecule has 0 radical (unpaired) electrons. The van der Waals surface area contributed by atoms with Crippen molar-refractivity contribution in [3.05, 3.63) is 47.5 Å². The fourth-order valence-electron chi connectivity index (χ4n) is 2.98. The van der Waals surface area contributed by atoms with Gasteiger partial charge in [-0.1, -0.05) is 0 Å². The zero-order valence-corrected chi connectivity index (χ0v) is 21.3. The highest BCUT2D eigenvalue weighted by Gasteiger charge is 2.24. The minimum Gasteiger partial charge on any atom is -0.502 e. The second-order valence-electron chi connectivity index (χ2n) is 7.47. The van der Waals surface area contributed by atoms with Crippen molar-refractivity contribution in [2.24, 2.45) is 0 Å². The number of phenols is 2. The van der Waals surface area contributed by atoms with Gasteiger partial charge in [-0.2, -0.15) is 0 Å².